The molecule has 26 heavy (non-hydrogen) atoms. The molecule has 0 unspecified atom stereocenters. The molecule has 5 nitrogen and oxygen atoms in total. The van der Waals surface area contributed by atoms with Gasteiger partial charge in [-0.25, -0.2) is 4.79 Å². The van der Waals surface area contributed by atoms with Crippen molar-refractivity contribution in [3.8, 4) is 5.75 Å². The number of para-hydroxylation sites is 1. The van der Waals surface area contributed by atoms with Gasteiger partial charge in [0.25, 0.3) is 0 Å². The quantitative estimate of drug-likeness (QED) is 0.404. The zero-order chi connectivity index (χ0) is 18.3. The highest BCUT2D eigenvalue weighted by atomic mass is 16.5. The maximum Gasteiger partial charge on any atom is 0.345 e. The van der Waals surface area contributed by atoms with Crippen LogP contribution in [0.2, 0.25) is 0 Å². The van der Waals surface area contributed by atoms with E-state index in [4.69, 9.17) is 9.15 Å². The molecule has 0 radical (unpaired) electrons. The minimum Gasteiger partial charge on any atom is -0.493 e. The summed E-state index contributed by atoms with van der Waals surface area (Å²) in [4.78, 5) is 37.4. The van der Waals surface area contributed by atoms with Crippen LogP contribution in [0, 0.1) is 0 Å². The van der Waals surface area contributed by atoms with Crippen LogP contribution in [0.5, 0.6) is 5.75 Å². The van der Waals surface area contributed by atoms with Crippen LogP contribution >= 0.6 is 0 Å². The SMILES string of the molecule is CCCCOc1cc2c(c3c(=O)oc4ccccc4c13)C(=O)C=CC2=O. The van der Waals surface area contributed by atoms with E-state index in [1.54, 1.807) is 18.2 Å². The van der Waals surface area contributed by atoms with Crippen molar-refractivity contribution in [3.63, 3.8) is 0 Å². The molecule has 0 spiro atoms. The van der Waals surface area contributed by atoms with Crippen molar-refractivity contribution in [1.29, 1.82) is 0 Å². The molecule has 1 aromatic heterocycles. The van der Waals surface area contributed by atoms with Crippen LogP contribution < -0.4 is 10.4 Å². The first-order valence-corrected chi connectivity index (χ1v) is 8.54. The van der Waals surface area contributed by atoms with Crippen LogP contribution in [0.4, 0.5) is 0 Å². The van der Waals surface area contributed by atoms with E-state index in [9.17, 15) is 14.4 Å². The number of ether oxygens (including phenoxy) is 1. The summed E-state index contributed by atoms with van der Waals surface area (Å²) in [6, 6.07) is 8.67. The van der Waals surface area contributed by atoms with Gasteiger partial charge in [0.05, 0.1) is 12.0 Å². The Morgan fingerprint density at radius 1 is 1.00 bits per heavy atom. The molecule has 1 heterocycles. The number of carbonyl (C=O) groups excluding carboxylic acids is 2. The lowest BCUT2D eigenvalue weighted by Crippen LogP contribution is -2.17. The Labute approximate surface area is 148 Å². The van der Waals surface area contributed by atoms with Crippen LogP contribution in [0.15, 0.2) is 51.7 Å². The van der Waals surface area contributed by atoms with Crippen molar-refractivity contribution < 1.29 is 18.7 Å². The zero-order valence-corrected chi connectivity index (χ0v) is 14.2. The molecular formula is C21H16O5. The number of benzene rings is 2. The van der Waals surface area contributed by atoms with Crippen molar-refractivity contribution in [2.75, 3.05) is 6.61 Å². The molecule has 2 aromatic carbocycles. The number of rotatable bonds is 4. The predicted molar refractivity (Wildman–Crippen MR) is 98.2 cm³/mol. The third-order valence-electron chi connectivity index (χ3n) is 4.51. The molecule has 0 aliphatic heterocycles. The number of allylic oxidation sites excluding steroid dienone is 2. The molecule has 0 saturated heterocycles. The summed E-state index contributed by atoms with van der Waals surface area (Å²) in [6.45, 7) is 2.50. The summed E-state index contributed by atoms with van der Waals surface area (Å²) in [7, 11) is 0. The lowest BCUT2D eigenvalue weighted by Gasteiger charge is -2.17. The van der Waals surface area contributed by atoms with E-state index in [0.717, 1.165) is 12.8 Å². The van der Waals surface area contributed by atoms with Crippen LogP contribution in [0.1, 0.15) is 40.5 Å². The monoisotopic (exact) mass is 348 g/mol. The molecule has 0 bridgehead atoms. The van der Waals surface area contributed by atoms with Gasteiger partial charge in [0.1, 0.15) is 11.3 Å². The highest BCUT2D eigenvalue weighted by molar-refractivity contribution is 6.29. The third-order valence-corrected chi connectivity index (χ3v) is 4.51. The molecule has 1 aliphatic rings. The number of carbonyl (C=O) groups is 2. The first kappa shape index (κ1) is 16.3. The standard InChI is InChI=1S/C21H16O5/c1-2-3-10-25-17-11-13-14(22)8-9-15(23)18(13)20-19(17)12-6-4-5-7-16(12)26-21(20)24/h4-9,11H,2-3,10H2,1H3. The third kappa shape index (κ3) is 2.44. The Kier molecular flexibility index (Phi) is 3.92. The zero-order valence-electron chi connectivity index (χ0n) is 14.2. The van der Waals surface area contributed by atoms with E-state index in [1.165, 1.54) is 12.2 Å². The minimum atomic E-state index is -0.646. The van der Waals surface area contributed by atoms with Gasteiger partial charge < -0.3 is 9.15 Å². The molecule has 0 atom stereocenters. The molecule has 0 saturated carbocycles. The van der Waals surface area contributed by atoms with Gasteiger partial charge in [0.2, 0.25) is 0 Å². The smallest absolute Gasteiger partial charge is 0.345 e. The number of unbranched alkanes of at least 4 members (excludes halogenated alkanes) is 1. The van der Waals surface area contributed by atoms with Gasteiger partial charge in [-0.15, -0.1) is 0 Å². The fourth-order valence-electron chi connectivity index (χ4n) is 3.26. The molecule has 3 aromatic rings. The lowest BCUT2D eigenvalue weighted by atomic mass is 9.89. The molecule has 5 heteroatoms. The molecule has 0 fully saturated rings. The Morgan fingerprint density at radius 2 is 1.77 bits per heavy atom. The fraction of sp³-hybridized carbons (Fsp3) is 0.190. The summed E-state index contributed by atoms with van der Waals surface area (Å²) in [5.74, 6) is -0.283. The maximum absolute atomic E-state index is 12.7. The summed E-state index contributed by atoms with van der Waals surface area (Å²) < 4.78 is 11.3. The first-order valence-electron chi connectivity index (χ1n) is 8.54. The van der Waals surface area contributed by atoms with Gasteiger partial charge in [0, 0.05) is 21.9 Å². The number of hydrogen-bond donors (Lipinski definition) is 0. The van der Waals surface area contributed by atoms with E-state index < -0.39 is 5.63 Å². The second-order valence-corrected chi connectivity index (χ2v) is 6.20. The normalized spacial score (nSPS) is 13.4. The topological polar surface area (TPSA) is 73.6 Å². The van der Waals surface area contributed by atoms with Crippen LogP contribution in [-0.2, 0) is 0 Å². The number of ketones is 2. The molecule has 0 N–H and O–H groups in total. The molecule has 4 rings (SSSR count). The second-order valence-electron chi connectivity index (χ2n) is 6.20. The van der Waals surface area contributed by atoms with Crippen molar-refractivity contribution in [1.82, 2.24) is 0 Å². The van der Waals surface area contributed by atoms with Crippen molar-refractivity contribution in [2.45, 2.75) is 19.8 Å². The van der Waals surface area contributed by atoms with E-state index in [1.807, 2.05) is 19.1 Å². The highest BCUT2D eigenvalue weighted by Crippen LogP contribution is 2.37. The first-order chi connectivity index (χ1) is 12.6. The Bertz CT molecular complexity index is 1150. The van der Waals surface area contributed by atoms with Crippen LogP contribution in [0.3, 0.4) is 0 Å². The van der Waals surface area contributed by atoms with Crippen LogP contribution in [0.25, 0.3) is 21.7 Å². The summed E-state index contributed by atoms with van der Waals surface area (Å²) >= 11 is 0. The van der Waals surface area contributed by atoms with Crippen molar-refractivity contribution in [3.05, 3.63) is 64.0 Å². The Morgan fingerprint density at radius 3 is 2.58 bits per heavy atom. The van der Waals surface area contributed by atoms with Gasteiger partial charge in [-0.1, -0.05) is 31.5 Å². The summed E-state index contributed by atoms with van der Waals surface area (Å²) in [6.07, 6.45) is 4.20. The Hall–Kier alpha value is -3.21. The van der Waals surface area contributed by atoms with Crippen LogP contribution in [-0.4, -0.2) is 18.2 Å². The van der Waals surface area contributed by atoms with E-state index >= 15 is 0 Å². The molecule has 1 aliphatic carbocycles. The van der Waals surface area contributed by atoms with E-state index in [0.29, 0.717) is 28.7 Å². The van der Waals surface area contributed by atoms with Gasteiger partial charge in [0.15, 0.2) is 11.6 Å². The van der Waals surface area contributed by atoms with Gasteiger partial charge >= 0.3 is 5.63 Å². The van der Waals surface area contributed by atoms with Crippen molar-refractivity contribution >= 4 is 33.3 Å². The number of hydrogen-bond acceptors (Lipinski definition) is 5. The fourth-order valence-corrected chi connectivity index (χ4v) is 3.26. The largest absolute Gasteiger partial charge is 0.493 e. The molecule has 0 amide bonds. The average molecular weight is 348 g/mol. The summed E-state index contributed by atoms with van der Waals surface area (Å²) in [5.41, 5.74) is 0.0386. The van der Waals surface area contributed by atoms with E-state index in [2.05, 4.69) is 0 Å². The van der Waals surface area contributed by atoms with Gasteiger partial charge in [-0.2, -0.15) is 0 Å². The molecule has 130 valence electrons. The number of fused-ring (bicyclic) bond motifs is 5. The molecular weight excluding hydrogens is 332 g/mol. The van der Waals surface area contributed by atoms with Gasteiger partial charge in [-0.05, 0) is 30.7 Å². The van der Waals surface area contributed by atoms with Gasteiger partial charge in [-0.3, -0.25) is 9.59 Å². The van der Waals surface area contributed by atoms with Crippen molar-refractivity contribution in [2.24, 2.45) is 0 Å². The highest BCUT2D eigenvalue weighted by Gasteiger charge is 2.27. The van der Waals surface area contributed by atoms with E-state index in [-0.39, 0.29) is 28.1 Å². The minimum absolute atomic E-state index is 0.0924. The predicted octanol–water partition coefficient (Wildman–Crippen LogP) is 4.06. The average Bonchev–Trinajstić information content (AvgIpc) is 2.64. The maximum atomic E-state index is 12.7. The Balaban J connectivity index is 2.15. The summed E-state index contributed by atoms with van der Waals surface area (Å²) in [5, 5.41) is 1.30. The second kappa shape index (κ2) is 6.26. The lowest BCUT2D eigenvalue weighted by molar-refractivity contribution is 0.0995.